The van der Waals surface area contributed by atoms with Crippen molar-refractivity contribution in [2.45, 2.75) is 63.7 Å². The van der Waals surface area contributed by atoms with Crippen LogP contribution in [0.3, 0.4) is 0 Å². The van der Waals surface area contributed by atoms with Crippen LogP contribution in [0, 0.1) is 11.6 Å². The third-order valence-corrected chi connectivity index (χ3v) is 8.14. The number of anilines is 1. The average molecular weight is 532 g/mol. The van der Waals surface area contributed by atoms with E-state index in [1.165, 1.54) is 5.56 Å². The van der Waals surface area contributed by atoms with Gasteiger partial charge in [-0.25, -0.2) is 9.37 Å². The molecule has 4 aromatic rings. The van der Waals surface area contributed by atoms with Crippen LogP contribution in [0.5, 0.6) is 5.75 Å². The van der Waals surface area contributed by atoms with E-state index < -0.39 is 11.6 Å². The van der Waals surface area contributed by atoms with Gasteiger partial charge in [-0.3, -0.25) is 14.7 Å². The van der Waals surface area contributed by atoms with E-state index in [4.69, 9.17) is 10.5 Å². The molecule has 0 amide bonds. The molecule has 0 spiro atoms. The van der Waals surface area contributed by atoms with Gasteiger partial charge in [0.1, 0.15) is 12.4 Å². The molecule has 3 aromatic heterocycles. The number of halogens is 2. The Morgan fingerprint density at radius 1 is 1.15 bits per heavy atom. The highest BCUT2D eigenvalue weighted by atomic mass is 19.2. The largest absolute Gasteiger partial charge is 0.486 e. The van der Waals surface area contributed by atoms with Gasteiger partial charge >= 0.3 is 0 Å². The lowest BCUT2D eigenvalue weighted by molar-refractivity contribution is 0.130. The van der Waals surface area contributed by atoms with Crippen LogP contribution in [0.25, 0.3) is 10.9 Å². The topological polar surface area (TPSA) is 86.3 Å². The maximum atomic E-state index is 14.6. The van der Waals surface area contributed by atoms with Crippen LogP contribution in [0.4, 0.5) is 14.6 Å². The van der Waals surface area contributed by atoms with Gasteiger partial charge in [-0.15, -0.1) is 0 Å². The van der Waals surface area contributed by atoms with Crippen LogP contribution >= 0.6 is 0 Å². The zero-order valence-corrected chi connectivity index (χ0v) is 21.8. The Hall–Kier alpha value is -3.85. The number of hydrogen-bond acceptors (Lipinski definition) is 6. The van der Waals surface area contributed by atoms with E-state index in [1.54, 1.807) is 12.4 Å². The number of nitrogen functional groups attached to an aromatic ring is 1. The summed E-state index contributed by atoms with van der Waals surface area (Å²) in [6.45, 7) is 3.17. The van der Waals surface area contributed by atoms with Crippen molar-refractivity contribution in [1.29, 1.82) is 0 Å². The summed E-state index contributed by atoms with van der Waals surface area (Å²) in [4.78, 5) is 24.5. The predicted octanol–water partition coefficient (Wildman–Crippen LogP) is 5.33. The highest BCUT2D eigenvalue weighted by molar-refractivity contribution is 5.86. The van der Waals surface area contributed by atoms with Gasteiger partial charge < -0.3 is 15.0 Å². The van der Waals surface area contributed by atoms with Gasteiger partial charge in [-0.1, -0.05) is 12.5 Å². The number of nitrogens with zero attached hydrogens (tertiary/aromatic N) is 4. The van der Waals surface area contributed by atoms with Crippen molar-refractivity contribution in [1.82, 2.24) is 19.4 Å². The Labute approximate surface area is 225 Å². The van der Waals surface area contributed by atoms with Crippen LogP contribution in [-0.2, 0) is 13.1 Å². The third-order valence-electron chi connectivity index (χ3n) is 8.14. The van der Waals surface area contributed by atoms with E-state index >= 15 is 0 Å². The molecular formula is C30H31F2N5O2. The lowest BCUT2D eigenvalue weighted by Gasteiger charge is -2.38. The van der Waals surface area contributed by atoms with Gasteiger partial charge in [0, 0.05) is 49.5 Å². The maximum absolute atomic E-state index is 14.6. The molecule has 2 unspecified atom stereocenters. The standard InChI is InChI=1S/C30H31F2N5O2/c1-18-17-39-30-27(32)25(31)12-24-28(30)37(18)16-22(29(24)38)15-36(14-19-7-9-34-10-8-19)23-4-2-3-20(11-23)21-5-6-26(33)35-13-21/h5-10,12-13,16,18,20,23H,2-4,11,14-15,17H2,1H3,(H2,33,35)/t18?,20?,23-/m0/s1. The minimum absolute atomic E-state index is 0.130. The first-order valence-corrected chi connectivity index (χ1v) is 13.4. The van der Waals surface area contributed by atoms with Crippen LogP contribution in [0.15, 0.2) is 59.9 Å². The summed E-state index contributed by atoms with van der Waals surface area (Å²) in [5, 5.41) is 0.145. The molecule has 0 saturated heterocycles. The molecule has 6 rings (SSSR count). The van der Waals surface area contributed by atoms with E-state index in [9.17, 15) is 13.6 Å². The van der Waals surface area contributed by atoms with Gasteiger partial charge in [-0.2, -0.15) is 4.39 Å². The normalized spacial score (nSPS) is 20.8. The van der Waals surface area contributed by atoms with Gasteiger partial charge in [-0.05, 0) is 67.5 Å². The highest BCUT2D eigenvalue weighted by Gasteiger charge is 2.31. The quantitative estimate of drug-likeness (QED) is 0.362. The average Bonchev–Trinajstić information content (AvgIpc) is 2.95. The summed E-state index contributed by atoms with van der Waals surface area (Å²) in [5.74, 6) is -1.47. The maximum Gasteiger partial charge on any atom is 0.202 e. The fourth-order valence-corrected chi connectivity index (χ4v) is 6.08. The molecule has 9 heteroatoms. The molecule has 2 N–H and O–H groups in total. The summed E-state index contributed by atoms with van der Waals surface area (Å²) in [7, 11) is 0. The number of rotatable bonds is 6. The summed E-state index contributed by atoms with van der Waals surface area (Å²) >= 11 is 0. The smallest absolute Gasteiger partial charge is 0.202 e. The minimum Gasteiger partial charge on any atom is -0.486 e. The van der Waals surface area contributed by atoms with Crippen molar-refractivity contribution >= 4 is 16.7 Å². The lowest BCUT2D eigenvalue weighted by Crippen LogP contribution is -2.39. The second kappa shape index (κ2) is 10.4. The Balaban J connectivity index is 1.38. The lowest BCUT2D eigenvalue weighted by atomic mass is 9.81. The molecule has 1 aromatic carbocycles. The molecule has 1 saturated carbocycles. The number of aromatic nitrogens is 3. The number of benzene rings is 1. The molecule has 1 fully saturated rings. The third kappa shape index (κ3) is 4.87. The van der Waals surface area contributed by atoms with Gasteiger partial charge in [0.05, 0.1) is 16.9 Å². The van der Waals surface area contributed by atoms with E-state index in [2.05, 4.69) is 20.9 Å². The van der Waals surface area contributed by atoms with Crippen LogP contribution in [-0.4, -0.2) is 32.1 Å². The Bertz CT molecular complexity index is 1560. The van der Waals surface area contributed by atoms with E-state index in [1.807, 2.05) is 42.1 Å². The fraction of sp³-hybridized carbons (Fsp3) is 0.367. The summed E-state index contributed by atoms with van der Waals surface area (Å²) in [5.41, 5.74) is 8.66. The van der Waals surface area contributed by atoms with Crippen molar-refractivity contribution in [2.75, 3.05) is 12.3 Å². The van der Waals surface area contributed by atoms with Crippen LogP contribution < -0.4 is 15.9 Å². The van der Waals surface area contributed by atoms with Crippen LogP contribution in [0.2, 0.25) is 0 Å². The summed E-state index contributed by atoms with van der Waals surface area (Å²) < 4.78 is 36.4. The number of pyridine rings is 3. The second-order valence-electron chi connectivity index (χ2n) is 10.7. The van der Waals surface area contributed by atoms with Crippen molar-refractivity contribution in [3.63, 3.8) is 0 Å². The van der Waals surface area contributed by atoms with E-state index in [-0.39, 0.29) is 35.3 Å². The molecule has 2 aliphatic rings. The fourth-order valence-electron chi connectivity index (χ4n) is 6.08. The summed E-state index contributed by atoms with van der Waals surface area (Å²) in [6, 6.07) is 8.96. The molecule has 39 heavy (non-hydrogen) atoms. The van der Waals surface area contributed by atoms with E-state index in [0.717, 1.165) is 37.3 Å². The van der Waals surface area contributed by atoms with Crippen molar-refractivity contribution in [3.05, 3.63) is 93.7 Å². The molecule has 0 bridgehead atoms. The Morgan fingerprint density at radius 3 is 2.74 bits per heavy atom. The van der Waals surface area contributed by atoms with E-state index in [0.29, 0.717) is 35.9 Å². The van der Waals surface area contributed by atoms with Crippen molar-refractivity contribution in [2.24, 2.45) is 0 Å². The zero-order chi connectivity index (χ0) is 27.1. The SMILES string of the molecule is CC1COc2c(F)c(F)cc3c(=O)c(CN(Cc4ccncc4)[C@H]4CCCC(c5ccc(N)nc5)C4)cn1c23. The van der Waals surface area contributed by atoms with Gasteiger partial charge in [0.25, 0.3) is 0 Å². The highest BCUT2D eigenvalue weighted by Crippen LogP contribution is 2.38. The Morgan fingerprint density at radius 2 is 1.97 bits per heavy atom. The molecular weight excluding hydrogens is 500 g/mol. The summed E-state index contributed by atoms with van der Waals surface area (Å²) in [6.07, 6.45) is 11.3. The monoisotopic (exact) mass is 531 g/mol. The number of nitrogens with two attached hydrogens (primary N) is 1. The molecule has 0 radical (unpaired) electrons. The van der Waals surface area contributed by atoms with Crippen molar-refractivity contribution < 1.29 is 13.5 Å². The molecule has 1 aliphatic carbocycles. The first kappa shape index (κ1) is 25.4. The first-order chi connectivity index (χ1) is 18.9. The number of ether oxygens (including phenoxy) is 1. The molecule has 7 nitrogen and oxygen atoms in total. The Kier molecular flexibility index (Phi) is 6.76. The van der Waals surface area contributed by atoms with Gasteiger partial charge in [0.2, 0.25) is 5.82 Å². The molecule has 3 atom stereocenters. The predicted molar refractivity (Wildman–Crippen MR) is 145 cm³/mol. The molecule has 4 heterocycles. The number of hydrogen-bond donors (Lipinski definition) is 1. The molecule has 202 valence electrons. The second-order valence-corrected chi connectivity index (χ2v) is 10.7. The van der Waals surface area contributed by atoms with Gasteiger partial charge in [0.15, 0.2) is 17.0 Å². The van der Waals surface area contributed by atoms with Crippen LogP contribution in [0.1, 0.15) is 61.3 Å². The van der Waals surface area contributed by atoms with Crippen molar-refractivity contribution in [3.8, 4) is 5.75 Å². The molecule has 1 aliphatic heterocycles. The zero-order valence-electron chi connectivity index (χ0n) is 21.8. The minimum atomic E-state index is -1.08. The first-order valence-electron chi connectivity index (χ1n) is 13.4.